The number of thioether (sulfide) groups is 1. The Kier molecular flexibility index (Phi) is 4.62. The minimum atomic E-state index is -3.05. The zero-order valence-electron chi connectivity index (χ0n) is 12.7. The average molecular weight is 368 g/mol. The number of hydrogen-bond donors (Lipinski definition) is 0. The van der Waals surface area contributed by atoms with Crippen molar-refractivity contribution in [3.05, 3.63) is 40.3 Å². The lowest BCUT2D eigenvalue weighted by atomic mass is 10.1. The molecular formula is C16H17NO3S3. The maximum Gasteiger partial charge on any atom is 0.266 e. The summed E-state index contributed by atoms with van der Waals surface area (Å²) >= 11 is 6.54. The fraction of sp³-hybridized carbons (Fsp3) is 0.375. The molecule has 3 rings (SSSR count). The van der Waals surface area contributed by atoms with Crippen molar-refractivity contribution in [3.63, 3.8) is 0 Å². The normalized spacial score (nSPS) is 25.5. The van der Waals surface area contributed by atoms with Crippen LogP contribution in [-0.4, -0.2) is 41.1 Å². The Hall–Kier alpha value is -1.18. The van der Waals surface area contributed by atoms with Crippen LogP contribution in [0.3, 0.4) is 0 Å². The Balaban J connectivity index is 1.81. The van der Waals surface area contributed by atoms with Crippen molar-refractivity contribution in [1.82, 2.24) is 4.90 Å². The summed E-state index contributed by atoms with van der Waals surface area (Å²) in [6.07, 6.45) is 3.26. The summed E-state index contributed by atoms with van der Waals surface area (Å²) in [4.78, 5) is 14.6. The van der Waals surface area contributed by atoms with Crippen molar-refractivity contribution in [1.29, 1.82) is 0 Å². The zero-order chi connectivity index (χ0) is 16.6. The first-order valence-electron chi connectivity index (χ1n) is 7.46. The predicted molar refractivity (Wildman–Crippen MR) is 97.9 cm³/mol. The van der Waals surface area contributed by atoms with Crippen molar-refractivity contribution >= 4 is 50.1 Å². The van der Waals surface area contributed by atoms with Gasteiger partial charge in [0, 0.05) is 0 Å². The number of carbonyl (C=O) groups excluding carboxylic acids is 1. The van der Waals surface area contributed by atoms with E-state index in [0.717, 1.165) is 12.0 Å². The van der Waals surface area contributed by atoms with E-state index in [9.17, 15) is 13.2 Å². The van der Waals surface area contributed by atoms with Crippen molar-refractivity contribution in [2.24, 2.45) is 0 Å². The van der Waals surface area contributed by atoms with E-state index in [0.29, 0.717) is 15.6 Å². The molecule has 1 aromatic rings. The van der Waals surface area contributed by atoms with E-state index in [1.165, 1.54) is 22.2 Å². The number of hydrogen-bond acceptors (Lipinski definition) is 5. The van der Waals surface area contributed by atoms with Gasteiger partial charge >= 0.3 is 0 Å². The highest BCUT2D eigenvalue weighted by Crippen LogP contribution is 2.36. The summed E-state index contributed by atoms with van der Waals surface area (Å²) < 4.78 is 23.7. The van der Waals surface area contributed by atoms with Crippen LogP contribution in [0, 0.1) is 0 Å². The molecule has 2 fully saturated rings. The second kappa shape index (κ2) is 6.37. The summed E-state index contributed by atoms with van der Waals surface area (Å²) in [7, 11) is -3.05. The van der Waals surface area contributed by atoms with E-state index in [1.807, 2.05) is 30.3 Å². The molecule has 0 bridgehead atoms. The van der Waals surface area contributed by atoms with Gasteiger partial charge in [-0.25, -0.2) is 8.42 Å². The SMILES string of the molecule is CCc1ccc(/C=C2/SC(=S)N([C@H]3CCS(=O)(=O)C3)C2=O)cc1. The number of aryl methyl sites for hydroxylation is 1. The van der Waals surface area contributed by atoms with Gasteiger partial charge in [0.25, 0.3) is 5.91 Å². The van der Waals surface area contributed by atoms with Gasteiger partial charge in [0.2, 0.25) is 0 Å². The van der Waals surface area contributed by atoms with Gasteiger partial charge < -0.3 is 0 Å². The third-order valence-corrected chi connectivity index (χ3v) is 7.16. The molecule has 23 heavy (non-hydrogen) atoms. The zero-order valence-corrected chi connectivity index (χ0v) is 15.1. The van der Waals surface area contributed by atoms with Crippen LogP contribution in [0.2, 0.25) is 0 Å². The largest absolute Gasteiger partial charge is 0.289 e. The Labute approximate surface area is 145 Å². The number of thiocarbonyl (C=S) groups is 1. The summed E-state index contributed by atoms with van der Waals surface area (Å²) in [6.45, 7) is 2.09. The molecule has 1 amide bonds. The highest BCUT2D eigenvalue weighted by atomic mass is 32.2. The fourth-order valence-corrected chi connectivity index (χ4v) is 5.87. The highest BCUT2D eigenvalue weighted by Gasteiger charge is 2.42. The minimum absolute atomic E-state index is 0.0118. The molecule has 4 nitrogen and oxygen atoms in total. The van der Waals surface area contributed by atoms with Gasteiger partial charge in [0.05, 0.1) is 22.5 Å². The molecule has 0 unspecified atom stereocenters. The van der Waals surface area contributed by atoms with Crippen LogP contribution in [0.1, 0.15) is 24.5 Å². The second-order valence-corrected chi connectivity index (χ2v) is 9.61. The summed E-state index contributed by atoms with van der Waals surface area (Å²) in [6, 6.07) is 7.71. The maximum atomic E-state index is 12.6. The molecule has 122 valence electrons. The molecule has 0 saturated carbocycles. The number of benzene rings is 1. The second-order valence-electron chi connectivity index (χ2n) is 5.70. The van der Waals surface area contributed by atoms with Crippen LogP contribution in [0.25, 0.3) is 6.08 Å². The average Bonchev–Trinajstić information content (AvgIpc) is 2.99. The van der Waals surface area contributed by atoms with Gasteiger partial charge in [-0.1, -0.05) is 55.2 Å². The van der Waals surface area contributed by atoms with E-state index in [1.54, 1.807) is 0 Å². The standard InChI is InChI=1S/C16H17NO3S3/c1-2-11-3-5-12(6-4-11)9-14-15(18)17(16(21)22-14)13-7-8-23(19,20)10-13/h3-6,9,13H,2,7-8,10H2,1H3/b14-9+/t13-/m0/s1. The Morgan fingerprint density at radius 1 is 1.35 bits per heavy atom. The molecule has 2 aliphatic heterocycles. The first-order valence-corrected chi connectivity index (χ1v) is 10.5. The molecule has 0 N–H and O–H groups in total. The first kappa shape index (κ1) is 16.7. The van der Waals surface area contributed by atoms with Crippen LogP contribution >= 0.6 is 24.0 Å². The Morgan fingerprint density at radius 2 is 2.04 bits per heavy atom. The predicted octanol–water partition coefficient (Wildman–Crippen LogP) is 2.64. The number of amides is 1. The van der Waals surface area contributed by atoms with Gasteiger partial charge in [-0.2, -0.15) is 0 Å². The van der Waals surface area contributed by atoms with E-state index < -0.39 is 9.84 Å². The molecule has 2 saturated heterocycles. The molecule has 1 aromatic carbocycles. The molecule has 0 aromatic heterocycles. The molecule has 7 heteroatoms. The molecule has 0 spiro atoms. The Morgan fingerprint density at radius 3 is 2.61 bits per heavy atom. The van der Waals surface area contributed by atoms with Crippen molar-refractivity contribution in [2.75, 3.05) is 11.5 Å². The van der Waals surface area contributed by atoms with Crippen molar-refractivity contribution in [2.45, 2.75) is 25.8 Å². The van der Waals surface area contributed by atoms with Gasteiger partial charge in [0.15, 0.2) is 9.84 Å². The van der Waals surface area contributed by atoms with E-state index in [-0.39, 0.29) is 23.5 Å². The topological polar surface area (TPSA) is 54.5 Å². The monoisotopic (exact) mass is 367 g/mol. The minimum Gasteiger partial charge on any atom is -0.289 e. The van der Waals surface area contributed by atoms with E-state index >= 15 is 0 Å². The highest BCUT2D eigenvalue weighted by molar-refractivity contribution is 8.26. The summed E-state index contributed by atoms with van der Waals surface area (Å²) in [5, 5.41) is 0. The quantitative estimate of drug-likeness (QED) is 0.607. The summed E-state index contributed by atoms with van der Waals surface area (Å²) in [5.74, 6) is -0.0360. The summed E-state index contributed by atoms with van der Waals surface area (Å²) in [5.41, 5.74) is 2.19. The third kappa shape index (κ3) is 3.51. The molecule has 0 radical (unpaired) electrons. The number of rotatable bonds is 3. The Bertz CT molecular complexity index is 781. The number of nitrogens with zero attached hydrogens (tertiary/aromatic N) is 1. The van der Waals surface area contributed by atoms with Crippen LogP contribution < -0.4 is 0 Å². The molecular weight excluding hydrogens is 350 g/mol. The van der Waals surface area contributed by atoms with Gasteiger partial charge in [-0.3, -0.25) is 9.69 Å². The lowest BCUT2D eigenvalue weighted by molar-refractivity contribution is -0.123. The fourth-order valence-electron chi connectivity index (χ4n) is 2.77. The molecule has 2 heterocycles. The number of sulfone groups is 1. The van der Waals surface area contributed by atoms with Crippen LogP contribution in [0.5, 0.6) is 0 Å². The van der Waals surface area contributed by atoms with Gasteiger partial charge in [-0.05, 0) is 30.0 Å². The van der Waals surface area contributed by atoms with Gasteiger partial charge in [0.1, 0.15) is 4.32 Å². The lowest BCUT2D eigenvalue weighted by Crippen LogP contribution is -2.39. The van der Waals surface area contributed by atoms with Crippen LogP contribution in [-0.2, 0) is 21.1 Å². The van der Waals surface area contributed by atoms with Crippen LogP contribution in [0.4, 0.5) is 0 Å². The van der Waals surface area contributed by atoms with Crippen molar-refractivity contribution in [3.8, 4) is 0 Å². The smallest absolute Gasteiger partial charge is 0.266 e. The van der Waals surface area contributed by atoms with Crippen LogP contribution in [0.15, 0.2) is 29.2 Å². The molecule has 0 aliphatic carbocycles. The molecule has 1 atom stereocenters. The third-order valence-electron chi connectivity index (χ3n) is 4.08. The first-order chi connectivity index (χ1) is 10.9. The molecule has 2 aliphatic rings. The van der Waals surface area contributed by atoms with Gasteiger partial charge in [-0.15, -0.1) is 0 Å². The van der Waals surface area contributed by atoms with Crippen molar-refractivity contribution < 1.29 is 13.2 Å². The van der Waals surface area contributed by atoms with E-state index in [4.69, 9.17) is 12.2 Å². The number of carbonyl (C=O) groups is 1. The lowest BCUT2D eigenvalue weighted by Gasteiger charge is -2.20. The maximum absolute atomic E-state index is 12.6. The van der Waals surface area contributed by atoms with E-state index in [2.05, 4.69) is 6.92 Å².